The highest BCUT2D eigenvalue weighted by Gasteiger charge is 2.10. The van der Waals surface area contributed by atoms with Gasteiger partial charge in [-0.15, -0.1) is 0 Å². The third-order valence-corrected chi connectivity index (χ3v) is 2.96. The van der Waals surface area contributed by atoms with Crippen molar-refractivity contribution in [3.8, 4) is 0 Å². The number of hydrogen-bond acceptors (Lipinski definition) is 2. The molecule has 0 saturated heterocycles. The Balaban J connectivity index is 2.50. The van der Waals surface area contributed by atoms with Crippen LogP contribution in [0.2, 0.25) is 0 Å². The maximum absolute atomic E-state index is 3.35. The second-order valence-corrected chi connectivity index (χ2v) is 3.97. The highest BCUT2D eigenvalue weighted by Crippen LogP contribution is 2.23. The SMILES string of the molecule is CNCC(NC)c1cccc2ccccc12. The summed E-state index contributed by atoms with van der Waals surface area (Å²) in [5.41, 5.74) is 1.36. The van der Waals surface area contributed by atoms with Crippen LogP contribution in [-0.4, -0.2) is 20.6 Å². The quantitative estimate of drug-likeness (QED) is 0.816. The molecular weight excluding hydrogens is 196 g/mol. The lowest BCUT2D eigenvalue weighted by Gasteiger charge is -2.18. The van der Waals surface area contributed by atoms with E-state index in [1.54, 1.807) is 0 Å². The van der Waals surface area contributed by atoms with Crippen molar-refractivity contribution in [1.29, 1.82) is 0 Å². The first-order chi connectivity index (χ1) is 7.86. The van der Waals surface area contributed by atoms with E-state index in [9.17, 15) is 0 Å². The highest BCUT2D eigenvalue weighted by molar-refractivity contribution is 5.86. The molecule has 0 aliphatic heterocycles. The first-order valence-electron chi connectivity index (χ1n) is 5.66. The zero-order chi connectivity index (χ0) is 11.4. The zero-order valence-electron chi connectivity index (χ0n) is 9.83. The van der Waals surface area contributed by atoms with Crippen molar-refractivity contribution in [2.45, 2.75) is 6.04 Å². The van der Waals surface area contributed by atoms with Crippen LogP contribution in [-0.2, 0) is 0 Å². The van der Waals surface area contributed by atoms with Crippen LogP contribution in [0, 0.1) is 0 Å². The summed E-state index contributed by atoms with van der Waals surface area (Å²) in [4.78, 5) is 0. The van der Waals surface area contributed by atoms with Crippen LogP contribution < -0.4 is 10.6 Å². The Kier molecular flexibility index (Phi) is 3.54. The summed E-state index contributed by atoms with van der Waals surface area (Å²) in [7, 11) is 3.99. The van der Waals surface area contributed by atoms with Crippen LogP contribution in [0.3, 0.4) is 0 Å². The third-order valence-electron chi connectivity index (χ3n) is 2.96. The Labute approximate surface area is 96.7 Å². The second-order valence-electron chi connectivity index (χ2n) is 3.97. The second kappa shape index (κ2) is 5.10. The van der Waals surface area contributed by atoms with Crippen LogP contribution in [0.4, 0.5) is 0 Å². The number of likely N-dealkylation sites (N-methyl/N-ethyl adjacent to an activating group) is 2. The molecule has 2 N–H and O–H groups in total. The molecule has 16 heavy (non-hydrogen) atoms. The van der Waals surface area contributed by atoms with Crippen molar-refractivity contribution in [2.24, 2.45) is 0 Å². The summed E-state index contributed by atoms with van der Waals surface area (Å²) in [6.07, 6.45) is 0. The van der Waals surface area contributed by atoms with Crippen LogP contribution in [0.15, 0.2) is 42.5 Å². The van der Waals surface area contributed by atoms with Crippen molar-refractivity contribution in [3.63, 3.8) is 0 Å². The zero-order valence-corrected chi connectivity index (χ0v) is 9.83. The van der Waals surface area contributed by atoms with E-state index >= 15 is 0 Å². The number of rotatable bonds is 4. The normalized spacial score (nSPS) is 12.9. The number of nitrogens with one attached hydrogen (secondary N) is 2. The largest absolute Gasteiger partial charge is 0.318 e. The fourth-order valence-electron chi connectivity index (χ4n) is 2.13. The molecule has 0 radical (unpaired) electrons. The Hall–Kier alpha value is -1.38. The first-order valence-corrected chi connectivity index (χ1v) is 5.66. The molecule has 1 unspecified atom stereocenters. The molecular formula is C14H18N2. The summed E-state index contributed by atoms with van der Waals surface area (Å²) in [5, 5.41) is 9.20. The van der Waals surface area contributed by atoms with Gasteiger partial charge in [-0.2, -0.15) is 0 Å². The summed E-state index contributed by atoms with van der Waals surface area (Å²) in [6.45, 7) is 0.935. The minimum Gasteiger partial charge on any atom is -0.318 e. The van der Waals surface area contributed by atoms with Crippen LogP contribution >= 0.6 is 0 Å². The first kappa shape index (κ1) is 11.1. The molecule has 2 nitrogen and oxygen atoms in total. The highest BCUT2D eigenvalue weighted by atomic mass is 14.9. The van der Waals surface area contributed by atoms with Gasteiger partial charge in [0.25, 0.3) is 0 Å². The van der Waals surface area contributed by atoms with E-state index in [2.05, 4.69) is 53.1 Å². The average Bonchev–Trinajstić information content (AvgIpc) is 2.35. The lowest BCUT2D eigenvalue weighted by Crippen LogP contribution is -2.27. The van der Waals surface area contributed by atoms with Gasteiger partial charge in [0.1, 0.15) is 0 Å². The summed E-state index contributed by atoms with van der Waals surface area (Å²) >= 11 is 0. The monoisotopic (exact) mass is 214 g/mol. The van der Waals surface area contributed by atoms with E-state index in [1.165, 1.54) is 16.3 Å². The van der Waals surface area contributed by atoms with E-state index in [0.717, 1.165) is 6.54 Å². The van der Waals surface area contributed by atoms with Crippen molar-refractivity contribution in [2.75, 3.05) is 20.6 Å². The van der Waals surface area contributed by atoms with Gasteiger partial charge in [-0.1, -0.05) is 42.5 Å². The predicted molar refractivity (Wildman–Crippen MR) is 69.7 cm³/mol. The van der Waals surface area contributed by atoms with Gasteiger partial charge in [0.2, 0.25) is 0 Å². The van der Waals surface area contributed by atoms with Crippen LogP contribution in [0.1, 0.15) is 11.6 Å². The van der Waals surface area contributed by atoms with E-state index < -0.39 is 0 Å². The van der Waals surface area contributed by atoms with Gasteiger partial charge in [0.15, 0.2) is 0 Å². The number of fused-ring (bicyclic) bond motifs is 1. The van der Waals surface area contributed by atoms with Crippen molar-refractivity contribution < 1.29 is 0 Å². The number of benzene rings is 2. The van der Waals surface area contributed by atoms with Crippen molar-refractivity contribution in [3.05, 3.63) is 48.0 Å². The van der Waals surface area contributed by atoms with Gasteiger partial charge in [-0.05, 0) is 30.4 Å². The standard InChI is InChI=1S/C14H18N2/c1-15-10-14(16-2)13-9-5-7-11-6-3-4-8-12(11)13/h3-9,14-16H,10H2,1-2H3. The van der Waals surface area contributed by atoms with Crippen molar-refractivity contribution in [1.82, 2.24) is 10.6 Å². The summed E-state index contributed by atoms with van der Waals surface area (Å²) < 4.78 is 0. The molecule has 0 amide bonds. The Bertz CT molecular complexity index is 460. The molecule has 2 aromatic rings. The van der Waals surface area contributed by atoms with Gasteiger partial charge >= 0.3 is 0 Å². The van der Waals surface area contributed by atoms with E-state index in [4.69, 9.17) is 0 Å². The van der Waals surface area contributed by atoms with Gasteiger partial charge in [-0.25, -0.2) is 0 Å². The molecule has 84 valence electrons. The molecule has 2 aromatic carbocycles. The topological polar surface area (TPSA) is 24.1 Å². The van der Waals surface area contributed by atoms with Crippen LogP contribution in [0.25, 0.3) is 10.8 Å². The maximum atomic E-state index is 3.35. The molecule has 0 spiro atoms. The predicted octanol–water partition coefficient (Wildman–Crippen LogP) is 2.32. The molecule has 2 heteroatoms. The molecule has 0 bridgehead atoms. The fraction of sp³-hybridized carbons (Fsp3) is 0.286. The lowest BCUT2D eigenvalue weighted by atomic mass is 9.99. The Morgan fingerprint density at radius 1 is 1.00 bits per heavy atom. The molecule has 0 saturated carbocycles. The van der Waals surface area contributed by atoms with Crippen molar-refractivity contribution >= 4 is 10.8 Å². The van der Waals surface area contributed by atoms with E-state index in [0.29, 0.717) is 6.04 Å². The van der Waals surface area contributed by atoms with Gasteiger partial charge in [0.05, 0.1) is 0 Å². The molecule has 1 atom stereocenters. The molecule has 0 heterocycles. The van der Waals surface area contributed by atoms with Gasteiger partial charge in [-0.3, -0.25) is 0 Å². The lowest BCUT2D eigenvalue weighted by molar-refractivity contribution is 0.562. The maximum Gasteiger partial charge on any atom is 0.0450 e. The van der Waals surface area contributed by atoms with Crippen LogP contribution in [0.5, 0.6) is 0 Å². The molecule has 0 aliphatic carbocycles. The number of hydrogen-bond donors (Lipinski definition) is 2. The Morgan fingerprint density at radius 3 is 2.50 bits per heavy atom. The Morgan fingerprint density at radius 2 is 1.75 bits per heavy atom. The molecule has 0 aliphatic rings. The van der Waals surface area contributed by atoms with Gasteiger partial charge < -0.3 is 10.6 Å². The molecule has 2 rings (SSSR count). The van der Waals surface area contributed by atoms with E-state index in [-0.39, 0.29) is 0 Å². The smallest absolute Gasteiger partial charge is 0.0450 e. The van der Waals surface area contributed by atoms with Gasteiger partial charge in [0, 0.05) is 12.6 Å². The fourth-order valence-corrected chi connectivity index (χ4v) is 2.13. The third kappa shape index (κ3) is 2.08. The molecule has 0 fully saturated rings. The average molecular weight is 214 g/mol. The van der Waals surface area contributed by atoms with E-state index in [1.807, 2.05) is 14.1 Å². The summed E-state index contributed by atoms with van der Waals surface area (Å²) in [5.74, 6) is 0. The minimum absolute atomic E-state index is 0.357. The summed E-state index contributed by atoms with van der Waals surface area (Å²) in [6, 6.07) is 15.4. The minimum atomic E-state index is 0.357. The molecule has 0 aromatic heterocycles.